The Kier molecular flexibility index (Phi) is 4.91. The maximum atomic E-state index is 11.8. The summed E-state index contributed by atoms with van der Waals surface area (Å²) >= 11 is 0. The summed E-state index contributed by atoms with van der Waals surface area (Å²) in [6.45, 7) is 2.08. The molecule has 1 heterocycles. The van der Waals surface area contributed by atoms with Gasteiger partial charge in [-0.2, -0.15) is 0 Å². The molecule has 4 nitrogen and oxygen atoms in total. The van der Waals surface area contributed by atoms with E-state index >= 15 is 0 Å². The first-order chi connectivity index (χ1) is 9.47. The maximum Gasteiger partial charge on any atom is 0.150 e. The Morgan fingerprint density at radius 3 is 2.80 bits per heavy atom. The zero-order chi connectivity index (χ0) is 14.8. The first-order valence-electron chi connectivity index (χ1n) is 7.39. The molecule has 1 N–H and O–H groups in total. The van der Waals surface area contributed by atoms with Crippen LogP contribution in [0.25, 0.3) is 0 Å². The number of nitrogens with one attached hydrogen (secondary N) is 1. The second kappa shape index (κ2) is 6.31. The fourth-order valence-corrected chi connectivity index (χ4v) is 4.62. The van der Waals surface area contributed by atoms with Crippen molar-refractivity contribution in [3.8, 4) is 0 Å². The van der Waals surface area contributed by atoms with Crippen molar-refractivity contribution in [3.05, 3.63) is 23.7 Å². The third-order valence-electron chi connectivity index (χ3n) is 4.49. The fraction of sp³-hybridized carbons (Fsp3) is 0.733. The van der Waals surface area contributed by atoms with Crippen molar-refractivity contribution >= 4 is 9.84 Å². The number of furan rings is 1. The lowest BCUT2D eigenvalue weighted by atomic mass is 9.80. The molecule has 1 aromatic heterocycles. The SMILES string of the molecule is CCc1occc1C(NC)C1CCCC(S(C)(=O)=O)C1. The molecule has 0 saturated heterocycles. The summed E-state index contributed by atoms with van der Waals surface area (Å²) in [6, 6.07) is 2.21. The predicted molar refractivity (Wildman–Crippen MR) is 80.5 cm³/mol. The molecule has 0 bridgehead atoms. The summed E-state index contributed by atoms with van der Waals surface area (Å²) in [5.41, 5.74) is 1.19. The van der Waals surface area contributed by atoms with Crippen LogP contribution >= 0.6 is 0 Å². The summed E-state index contributed by atoms with van der Waals surface area (Å²) in [7, 11) is -0.991. The summed E-state index contributed by atoms with van der Waals surface area (Å²) in [5, 5.41) is 3.18. The van der Waals surface area contributed by atoms with E-state index in [-0.39, 0.29) is 11.3 Å². The molecule has 0 aliphatic heterocycles. The molecule has 0 spiro atoms. The summed E-state index contributed by atoms with van der Waals surface area (Å²) in [6.07, 6.45) is 7.57. The molecule has 0 aromatic carbocycles. The van der Waals surface area contributed by atoms with Crippen molar-refractivity contribution in [2.75, 3.05) is 13.3 Å². The Bertz CT molecular complexity index is 535. The van der Waals surface area contributed by atoms with Gasteiger partial charge in [-0.15, -0.1) is 0 Å². The lowest BCUT2D eigenvalue weighted by Crippen LogP contribution is -2.34. The van der Waals surface area contributed by atoms with E-state index in [4.69, 9.17) is 4.42 Å². The highest BCUT2D eigenvalue weighted by Crippen LogP contribution is 2.38. The molecule has 1 aromatic rings. The highest BCUT2D eigenvalue weighted by Gasteiger charge is 2.34. The zero-order valence-corrected chi connectivity index (χ0v) is 13.4. The Morgan fingerprint density at radius 1 is 1.45 bits per heavy atom. The summed E-state index contributed by atoms with van der Waals surface area (Å²) in [4.78, 5) is 0. The molecule has 1 aliphatic rings. The lowest BCUT2D eigenvalue weighted by molar-refractivity contribution is 0.280. The van der Waals surface area contributed by atoms with Crippen molar-refractivity contribution in [2.24, 2.45) is 5.92 Å². The molecular formula is C15H25NO3S. The minimum absolute atomic E-state index is 0.186. The first kappa shape index (κ1) is 15.6. The van der Waals surface area contributed by atoms with Crippen LogP contribution in [0.3, 0.4) is 0 Å². The second-order valence-electron chi connectivity index (χ2n) is 5.80. The average Bonchev–Trinajstić information content (AvgIpc) is 2.87. The molecule has 1 saturated carbocycles. The van der Waals surface area contributed by atoms with Crippen LogP contribution in [0.4, 0.5) is 0 Å². The Morgan fingerprint density at radius 2 is 2.20 bits per heavy atom. The second-order valence-corrected chi connectivity index (χ2v) is 8.12. The van der Waals surface area contributed by atoms with Gasteiger partial charge in [0.2, 0.25) is 0 Å². The van der Waals surface area contributed by atoms with Gasteiger partial charge in [-0.05, 0) is 38.3 Å². The number of aryl methyl sites for hydroxylation is 1. The van der Waals surface area contributed by atoms with Crippen LogP contribution in [-0.2, 0) is 16.3 Å². The van der Waals surface area contributed by atoms with Gasteiger partial charge < -0.3 is 9.73 Å². The third kappa shape index (κ3) is 3.26. The molecule has 114 valence electrons. The highest BCUT2D eigenvalue weighted by molar-refractivity contribution is 7.91. The fourth-order valence-electron chi connectivity index (χ4n) is 3.43. The predicted octanol–water partition coefficient (Wildman–Crippen LogP) is 2.71. The minimum atomic E-state index is -2.94. The Balaban J connectivity index is 2.19. The average molecular weight is 299 g/mol. The Hall–Kier alpha value is -0.810. The molecule has 0 radical (unpaired) electrons. The summed E-state index contributed by atoms with van der Waals surface area (Å²) in [5.74, 6) is 1.36. The van der Waals surface area contributed by atoms with Crippen LogP contribution in [0.1, 0.15) is 50.0 Å². The zero-order valence-electron chi connectivity index (χ0n) is 12.6. The first-order valence-corrected chi connectivity index (χ1v) is 9.35. The molecule has 5 heteroatoms. The van der Waals surface area contributed by atoms with Gasteiger partial charge in [0.15, 0.2) is 0 Å². The van der Waals surface area contributed by atoms with E-state index in [1.165, 1.54) is 11.8 Å². The maximum absolute atomic E-state index is 11.8. The topological polar surface area (TPSA) is 59.3 Å². The van der Waals surface area contributed by atoms with Gasteiger partial charge in [0, 0.05) is 24.3 Å². The number of sulfone groups is 1. The number of hydrogen-bond donors (Lipinski definition) is 1. The van der Waals surface area contributed by atoms with Gasteiger partial charge >= 0.3 is 0 Å². The van der Waals surface area contributed by atoms with E-state index in [0.717, 1.165) is 37.9 Å². The minimum Gasteiger partial charge on any atom is -0.469 e. The van der Waals surface area contributed by atoms with Gasteiger partial charge in [-0.25, -0.2) is 8.42 Å². The normalized spacial score (nSPS) is 25.6. The number of hydrogen-bond acceptors (Lipinski definition) is 4. The smallest absolute Gasteiger partial charge is 0.150 e. The molecule has 1 aliphatic carbocycles. The van der Waals surface area contributed by atoms with Crippen molar-refractivity contribution < 1.29 is 12.8 Å². The van der Waals surface area contributed by atoms with Crippen LogP contribution < -0.4 is 5.32 Å². The molecule has 2 rings (SSSR count). The van der Waals surface area contributed by atoms with Crippen molar-refractivity contribution in [1.82, 2.24) is 5.32 Å². The molecule has 20 heavy (non-hydrogen) atoms. The van der Waals surface area contributed by atoms with E-state index < -0.39 is 9.84 Å². The van der Waals surface area contributed by atoms with Crippen LogP contribution in [0.5, 0.6) is 0 Å². The van der Waals surface area contributed by atoms with E-state index in [2.05, 4.69) is 12.2 Å². The third-order valence-corrected chi connectivity index (χ3v) is 6.13. The van der Waals surface area contributed by atoms with Crippen LogP contribution in [0.15, 0.2) is 16.7 Å². The van der Waals surface area contributed by atoms with Gasteiger partial charge in [0.1, 0.15) is 15.6 Å². The van der Waals surface area contributed by atoms with Gasteiger partial charge in [0.25, 0.3) is 0 Å². The van der Waals surface area contributed by atoms with E-state index in [0.29, 0.717) is 5.92 Å². The molecule has 1 fully saturated rings. The number of rotatable bonds is 5. The lowest BCUT2D eigenvalue weighted by Gasteiger charge is -2.33. The van der Waals surface area contributed by atoms with E-state index in [1.54, 1.807) is 6.26 Å². The highest BCUT2D eigenvalue weighted by atomic mass is 32.2. The standard InChI is InChI=1S/C15H25NO3S/c1-4-14-13(8-9-19-14)15(16-2)11-6-5-7-12(10-11)20(3,17)18/h8-9,11-12,15-16H,4-7,10H2,1-3H3. The van der Waals surface area contributed by atoms with Crippen molar-refractivity contribution in [2.45, 2.75) is 50.3 Å². The molecule has 3 unspecified atom stereocenters. The van der Waals surface area contributed by atoms with Crippen LogP contribution in [-0.4, -0.2) is 27.0 Å². The molecule has 0 amide bonds. The summed E-state index contributed by atoms with van der Waals surface area (Å²) < 4.78 is 29.2. The van der Waals surface area contributed by atoms with E-state index in [9.17, 15) is 8.42 Å². The van der Waals surface area contributed by atoms with E-state index in [1.807, 2.05) is 13.1 Å². The molecule has 3 atom stereocenters. The quantitative estimate of drug-likeness (QED) is 0.908. The van der Waals surface area contributed by atoms with Crippen LogP contribution in [0, 0.1) is 5.92 Å². The van der Waals surface area contributed by atoms with Crippen LogP contribution in [0.2, 0.25) is 0 Å². The van der Waals surface area contributed by atoms with Crippen molar-refractivity contribution in [1.29, 1.82) is 0 Å². The van der Waals surface area contributed by atoms with Gasteiger partial charge in [-0.1, -0.05) is 13.3 Å². The Labute approximate surface area is 121 Å². The monoisotopic (exact) mass is 299 g/mol. The largest absolute Gasteiger partial charge is 0.469 e. The van der Waals surface area contributed by atoms with Gasteiger partial charge in [0.05, 0.1) is 11.5 Å². The molecular weight excluding hydrogens is 274 g/mol. The van der Waals surface area contributed by atoms with Crippen molar-refractivity contribution in [3.63, 3.8) is 0 Å². The van der Waals surface area contributed by atoms with Gasteiger partial charge in [-0.3, -0.25) is 0 Å².